The van der Waals surface area contributed by atoms with Crippen LogP contribution in [0.3, 0.4) is 0 Å². The van der Waals surface area contributed by atoms with E-state index < -0.39 is 0 Å². The lowest BCUT2D eigenvalue weighted by Crippen LogP contribution is -2.41. The van der Waals surface area contributed by atoms with Crippen LogP contribution < -0.4 is 15.8 Å². The van der Waals surface area contributed by atoms with Gasteiger partial charge in [-0.1, -0.05) is 19.9 Å². The summed E-state index contributed by atoms with van der Waals surface area (Å²) in [6.07, 6.45) is 5.99. The molecular formula is C24H33N3O5. The minimum atomic E-state index is -0.0236. The minimum absolute atomic E-state index is 0.0236. The molecule has 0 saturated heterocycles. The monoisotopic (exact) mass is 443 g/mol. The molecule has 1 fully saturated rings. The average molecular weight is 444 g/mol. The van der Waals surface area contributed by atoms with Crippen LogP contribution in [0.5, 0.6) is 5.75 Å². The number of fused-ring (bicyclic) bond motifs is 1. The van der Waals surface area contributed by atoms with E-state index >= 15 is 0 Å². The summed E-state index contributed by atoms with van der Waals surface area (Å²) in [6, 6.07) is 7.94. The highest BCUT2D eigenvalue weighted by atomic mass is 16.5. The third-order valence-corrected chi connectivity index (χ3v) is 5.65. The largest absolute Gasteiger partial charge is 0.490 e. The molecule has 1 heterocycles. The first-order chi connectivity index (χ1) is 15.4. The van der Waals surface area contributed by atoms with Crippen LogP contribution in [0.15, 0.2) is 24.3 Å². The van der Waals surface area contributed by atoms with Crippen LogP contribution in [0.1, 0.15) is 58.1 Å². The van der Waals surface area contributed by atoms with Crippen molar-refractivity contribution in [2.45, 2.75) is 77.5 Å². The number of aromatic nitrogens is 1. The molecule has 0 aliphatic heterocycles. The van der Waals surface area contributed by atoms with E-state index in [0.717, 1.165) is 60.9 Å². The molecule has 0 spiro atoms. The van der Waals surface area contributed by atoms with Crippen molar-refractivity contribution in [1.29, 1.82) is 0 Å². The van der Waals surface area contributed by atoms with Gasteiger partial charge in [0, 0.05) is 17.4 Å². The lowest BCUT2D eigenvalue weighted by molar-refractivity contribution is -0.191. The number of aryl methyl sites for hydroxylation is 1. The van der Waals surface area contributed by atoms with Gasteiger partial charge in [-0.25, -0.2) is 0 Å². The fourth-order valence-electron chi connectivity index (χ4n) is 4.01. The van der Waals surface area contributed by atoms with E-state index in [-0.39, 0.29) is 36.9 Å². The SMILES string of the molecule is CCC(CC)OCC(=O)NC1CCC(Oc2cccc3nc(C)cc(N)c23)CC1.O=C=O. The molecule has 0 radical (unpaired) electrons. The van der Waals surface area contributed by atoms with Crippen molar-refractivity contribution in [3.63, 3.8) is 0 Å². The Morgan fingerprint density at radius 3 is 2.50 bits per heavy atom. The molecule has 1 aromatic carbocycles. The summed E-state index contributed by atoms with van der Waals surface area (Å²) in [4.78, 5) is 33.0. The van der Waals surface area contributed by atoms with Gasteiger partial charge < -0.3 is 20.5 Å². The molecule has 3 N–H and O–H groups in total. The molecule has 1 saturated carbocycles. The van der Waals surface area contributed by atoms with Gasteiger partial charge in [0.2, 0.25) is 5.91 Å². The zero-order chi connectivity index (χ0) is 23.5. The normalized spacial score (nSPS) is 17.9. The number of hydrogen-bond acceptors (Lipinski definition) is 7. The number of amides is 1. The number of rotatable bonds is 8. The molecule has 1 aliphatic rings. The molecule has 0 bridgehead atoms. The number of nitrogens with one attached hydrogen (secondary N) is 1. The fraction of sp³-hybridized carbons (Fsp3) is 0.542. The Labute approximate surface area is 188 Å². The lowest BCUT2D eigenvalue weighted by Gasteiger charge is -2.30. The van der Waals surface area contributed by atoms with Crippen molar-refractivity contribution in [2.24, 2.45) is 0 Å². The van der Waals surface area contributed by atoms with Crippen LogP contribution in [0, 0.1) is 6.92 Å². The predicted octanol–water partition coefficient (Wildman–Crippen LogP) is 3.55. The smallest absolute Gasteiger partial charge is 0.373 e. The summed E-state index contributed by atoms with van der Waals surface area (Å²) in [7, 11) is 0. The fourth-order valence-corrected chi connectivity index (χ4v) is 4.01. The number of anilines is 1. The standard InChI is InChI=1S/C23H33N3O3.CO2/c1-4-17(5-2)28-14-22(27)26-16-9-11-18(12-10-16)29-21-8-6-7-20-23(21)19(24)13-15(3)25-20;2-1-3/h6-8,13,16-18H,4-5,9-12,14H2,1-3H3,(H2,24,25)(H,26,27);. The first kappa shape index (κ1) is 25.3. The molecule has 1 aromatic heterocycles. The highest BCUT2D eigenvalue weighted by molar-refractivity contribution is 5.95. The third-order valence-electron chi connectivity index (χ3n) is 5.65. The van der Waals surface area contributed by atoms with Gasteiger partial charge in [-0.3, -0.25) is 9.78 Å². The van der Waals surface area contributed by atoms with Gasteiger partial charge in [-0.15, -0.1) is 0 Å². The van der Waals surface area contributed by atoms with Crippen molar-refractivity contribution in [2.75, 3.05) is 12.3 Å². The highest BCUT2D eigenvalue weighted by Gasteiger charge is 2.24. The van der Waals surface area contributed by atoms with Crippen LogP contribution in [0.25, 0.3) is 10.9 Å². The summed E-state index contributed by atoms with van der Waals surface area (Å²) in [5.74, 6) is 0.767. The molecule has 8 heteroatoms. The number of carbonyl (C=O) groups is 1. The van der Waals surface area contributed by atoms with E-state index in [1.807, 2.05) is 31.2 Å². The Morgan fingerprint density at radius 2 is 1.88 bits per heavy atom. The number of pyridine rings is 1. The quantitative estimate of drug-likeness (QED) is 0.640. The third kappa shape index (κ3) is 7.32. The van der Waals surface area contributed by atoms with Gasteiger partial charge in [-0.2, -0.15) is 9.59 Å². The zero-order valence-electron chi connectivity index (χ0n) is 19.1. The second kappa shape index (κ2) is 12.8. The summed E-state index contributed by atoms with van der Waals surface area (Å²) < 4.78 is 11.9. The summed E-state index contributed by atoms with van der Waals surface area (Å²) in [6.45, 7) is 6.24. The van der Waals surface area contributed by atoms with E-state index in [1.54, 1.807) is 0 Å². The summed E-state index contributed by atoms with van der Waals surface area (Å²) in [5, 5.41) is 3.98. The Hall–Kier alpha value is -2.96. The maximum Gasteiger partial charge on any atom is 0.373 e. The maximum absolute atomic E-state index is 12.1. The Balaban J connectivity index is 0.00000114. The number of hydrogen-bond donors (Lipinski definition) is 2. The van der Waals surface area contributed by atoms with Crippen molar-refractivity contribution < 1.29 is 23.9 Å². The second-order valence-corrected chi connectivity index (χ2v) is 7.99. The van der Waals surface area contributed by atoms with Gasteiger partial charge in [0.05, 0.1) is 23.1 Å². The van der Waals surface area contributed by atoms with Crippen molar-refractivity contribution in [3.8, 4) is 5.75 Å². The van der Waals surface area contributed by atoms with Gasteiger partial charge in [0.15, 0.2) is 0 Å². The number of ether oxygens (including phenoxy) is 2. The van der Waals surface area contributed by atoms with Crippen LogP contribution in [0.4, 0.5) is 5.69 Å². The predicted molar refractivity (Wildman–Crippen MR) is 121 cm³/mol. The number of carbonyl (C=O) groups excluding carboxylic acids is 3. The van der Waals surface area contributed by atoms with Gasteiger partial charge in [0.25, 0.3) is 0 Å². The van der Waals surface area contributed by atoms with Crippen LogP contribution >= 0.6 is 0 Å². The first-order valence-electron chi connectivity index (χ1n) is 11.1. The minimum Gasteiger partial charge on any atom is -0.490 e. The topological polar surface area (TPSA) is 121 Å². The maximum atomic E-state index is 12.1. The molecule has 0 atom stereocenters. The van der Waals surface area contributed by atoms with Gasteiger partial charge >= 0.3 is 6.15 Å². The molecule has 1 amide bonds. The Bertz CT molecular complexity index is 915. The van der Waals surface area contributed by atoms with E-state index in [1.165, 1.54) is 0 Å². The number of benzene rings is 1. The molecule has 174 valence electrons. The van der Waals surface area contributed by atoms with Crippen molar-refractivity contribution in [1.82, 2.24) is 10.3 Å². The molecule has 32 heavy (non-hydrogen) atoms. The number of nitrogens with zero attached hydrogens (tertiary/aromatic N) is 1. The van der Waals surface area contributed by atoms with Gasteiger partial charge in [-0.05, 0) is 63.6 Å². The Kier molecular flexibility index (Phi) is 10.1. The van der Waals surface area contributed by atoms with E-state index in [4.69, 9.17) is 24.8 Å². The van der Waals surface area contributed by atoms with Crippen LogP contribution in [-0.2, 0) is 19.1 Å². The van der Waals surface area contributed by atoms with Crippen LogP contribution in [-0.4, -0.2) is 41.9 Å². The summed E-state index contributed by atoms with van der Waals surface area (Å²) in [5.41, 5.74) is 8.69. The average Bonchev–Trinajstić information content (AvgIpc) is 2.76. The van der Waals surface area contributed by atoms with Crippen molar-refractivity contribution in [3.05, 3.63) is 30.0 Å². The second-order valence-electron chi connectivity index (χ2n) is 7.99. The molecule has 8 nitrogen and oxygen atoms in total. The molecule has 2 aromatic rings. The number of nitrogen functional groups attached to an aromatic ring is 1. The van der Waals surface area contributed by atoms with E-state index in [0.29, 0.717) is 5.69 Å². The molecule has 0 unspecified atom stereocenters. The number of nitrogens with two attached hydrogens (primary N) is 1. The van der Waals surface area contributed by atoms with E-state index in [2.05, 4.69) is 24.1 Å². The molecule has 3 rings (SSSR count). The van der Waals surface area contributed by atoms with Crippen molar-refractivity contribution >= 4 is 28.6 Å². The lowest BCUT2D eigenvalue weighted by atomic mass is 9.93. The van der Waals surface area contributed by atoms with Crippen LogP contribution in [0.2, 0.25) is 0 Å². The van der Waals surface area contributed by atoms with Gasteiger partial charge in [0.1, 0.15) is 12.4 Å². The first-order valence-corrected chi connectivity index (χ1v) is 11.1. The highest BCUT2D eigenvalue weighted by Crippen LogP contribution is 2.33. The molecule has 1 aliphatic carbocycles. The Morgan fingerprint density at radius 1 is 1.22 bits per heavy atom. The molecular weight excluding hydrogens is 410 g/mol. The zero-order valence-corrected chi connectivity index (χ0v) is 19.1. The van der Waals surface area contributed by atoms with E-state index in [9.17, 15) is 4.79 Å². The summed E-state index contributed by atoms with van der Waals surface area (Å²) >= 11 is 0.